The summed E-state index contributed by atoms with van der Waals surface area (Å²) in [6, 6.07) is 12.6. The van der Waals surface area contributed by atoms with Gasteiger partial charge in [-0.15, -0.1) is 0 Å². The maximum absolute atomic E-state index is 12.7. The fourth-order valence-corrected chi connectivity index (χ4v) is 1.50. The Morgan fingerprint density at radius 3 is 1.86 bits per heavy atom. The Hall–Kier alpha value is -3.04. The molecule has 0 radical (unpaired) electrons. The second-order valence-corrected chi connectivity index (χ2v) is 4.06. The molecule has 0 aliphatic heterocycles. The maximum atomic E-state index is 12.7. The lowest BCUT2D eigenvalue weighted by atomic mass is 10.2. The van der Waals surface area contributed by atoms with Gasteiger partial charge in [0.2, 0.25) is 0 Å². The van der Waals surface area contributed by atoms with Crippen LogP contribution in [-0.2, 0) is 4.79 Å². The smallest absolute Gasteiger partial charge is 0.279 e. The van der Waals surface area contributed by atoms with Crippen LogP contribution in [0.1, 0.15) is 11.1 Å². The molecule has 3 heteroatoms. The first kappa shape index (κ1) is 14.4. The molecule has 0 fully saturated rings. The monoisotopic (exact) mass is 278 g/mol. The Kier molecular flexibility index (Phi) is 4.75. The number of carbonyl (C=O) groups is 1. The summed E-state index contributed by atoms with van der Waals surface area (Å²) in [5, 5.41) is 0. The van der Waals surface area contributed by atoms with Crippen LogP contribution < -0.4 is 4.74 Å². The maximum Gasteiger partial charge on any atom is 0.279 e. The first-order valence-corrected chi connectivity index (χ1v) is 6.15. The van der Waals surface area contributed by atoms with E-state index in [0.29, 0.717) is 11.1 Å². The van der Waals surface area contributed by atoms with Crippen molar-refractivity contribution in [1.82, 2.24) is 0 Å². The average Bonchev–Trinajstić information content (AvgIpc) is 2.53. The molecule has 0 aliphatic rings. The summed E-state index contributed by atoms with van der Waals surface area (Å²) in [5.74, 6) is 10.1. The third kappa shape index (κ3) is 4.53. The van der Waals surface area contributed by atoms with Crippen LogP contribution in [-0.4, -0.2) is 12.9 Å². The molecule has 0 unspecified atom stereocenters. The number of ether oxygens (including phenoxy) is 1. The van der Waals surface area contributed by atoms with E-state index in [9.17, 15) is 9.18 Å². The van der Waals surface area contributed by atoms with E-state index < -0.39 is 5.78 Å². The van der Waals surface area contributed by atoms with Crippen LogP contribution in [0.15, 0.2) is 48.5 Å². The number of rotatable bonds is 1. The van der Waals surface area contributed by atoms with E-state index in [-0.39, 0.29) is 5.82 Å². The van der Waals surface area contributed by atoms with E-state index >= 15 is 0 Å². The zero-order valence-electron chi connectivity index (χ0n) is 11.3. The van der Waals surface area contributed by atoms with Crippen molar-refractivity contribution >= 4 is 5.78 Å². The van der Waals surface area contributed by atoms with Crippen molar-refractivity contribution < 1.29 is 13.9 Å². The molecule has 0 saturated carbocycles. The summed E-state index contributed by atoms with van der Waals surface area (Å²) in [6.07, 6.45) is 0. The minimum atomic E-state index is -0.491. The van der Waals surface area contributed by atoms with Crippen molar-refractivity contribution in [2.24, 2.45) is 0 Å². The number of methoxy groups -OCH3 is 1. The molecule has 0 aliphatic carbocycles. The Labute approximate surface area is 122 Å². The lowest BCUT2D eigenvalue weighted by Crippen LogP contribution is -1.88. The minimum Gasteiger partial charge on any atom is -0.497 e. The minimum absolute atomic E-state index is 0.342. The molecular weight excluding hydrogens is 267 g/mol. The molecular formula is C18H11FO2. The van der Waals surface area contributed by atoms with Crippen molar-refractivity contribution in [3.05, 3.63) is 65.5 Å². The first-order valence-electron chi connectivity index (χ1n) is 6.15. The van der Waals surface area contributed by atoms with Gasteiger partial charge in [-0.05, 0) is 60.4 Å². The van der Waals surface area contributed by atoms with Crippen molar-refractivity contribution in [3.63, 3.8) is 0 Å². The third-order valence-corrected chi connectivity index (χ3v) is 2.57. The number of Topliss-reactive ketones (excluding diaryl/α,β-unsaturated/α-hetero) is 1. The van der Waals surface area contributed by atoms with Gasteiger partial charge in [0.25, 0.3) is 5.78 Å². The van der Waals surface area contributed by atoms with Gasteiger partial charge in [0.1, 0.15) is 11.6 Å². The van der Waals surface area contributed by atoms with Crippen molar-refractivity contribution in [3.8, 4) is 29.4 Å². The number of halogens is 1. The molecule has 0 amide bonds. The van der Waals surface area contributed by atoms with E-state index in [0.717, 1.165) is 5.75 Å². The highest BCUT2D eigenvalue weighted by atomic mass is 19.1. The molecule has 102 valence electrons. The molecule has 2 rings (SSSR count). The van der Waals surface area contributed by atoms with Gasteiger partial charge in [-0.2, -0.15) is 0 Å². The second-order valence-electron chi connectivity index (χ2n) is 4.06. The number of hydrogen-bond acceptors (Lipinski definition) is 2. The van der Waals surface area contributed by atoms with Crippen LogP contribution in [0.5, 0.6) is 5.75 Å². The van der Waals surface area contributed by atoms with Crippen LogP contribution in [0, 0.1) is 29.5 Å². The number of benzene rings is 2. The average molecular weight is 278 g/mol. The van der Waals surface area contributed by atoms with Gasteiger partial charge in [-0.1, -0.05) is 11.8 Å². The summed E-state index contributed by atoms with van der Waals surface area (Å²) in [6.45, 7) is 0. The van der Waals surface area contributed by atoms with E-state index in [1.165, 1.54) is 24.3 Å². The van der Waals surface area contributed by atoms with Crippen molar-refractivity contribution in [2.75, 3.05) is 7.11 Å². The van der Waals surface area contributed by atoms with E-state index in [1.54, 1.807) is 31.4 Å². The fraction of sp³-hybridized carbons (Fsp3) is 0.0556. The van der Waals surface area contributed by atoms with Gasteiger partial charge in [0.05, 0.1) is 7.11 Å². The molecule has 0 spiro atoms. The number of carbonyl (C=O) groups excluding carboxylic acids is 1. The normalized spacial score (nSPS) is 8.86. The van der Waals surface area contributed by atoms with Gasteiger partial charge in [-0.3, -0.25) is 4.79 Å². The quantitative estimate of drug-likeness (QED) is 0.750. The molecule has 2 nitrogen and oxygen atoms in total. The molecule has 0 N–H and O–H groups in total. The van der Waals surface area contributed by atoms with Crippen molar-refractivity contribution in [2.45, 2.75) is 0 Å². The third-order valence-electron chi connectivity index (χ3n) is 2.57. The molecule has 0 saturated heterocycles. The number of ketones is 1. The van der Waals surface area contributed by atoms with Crippen molar-refractivity contribution in [1.29, 1.82) is 0 Å². The zero-order chi connectivity index (χ0) is 15.1. The zero-order valence-corrected chi connectivity index (χ0v) is 11.3. The van der Waals surface area contributed by atoms with E-state index in [1.807, 2.05) is 0 Å². The Balaban J connectivity index is 2.05. The van der Waals surface area contributed by atoms with Crippen LogP contribution >= 0.6 is 0 Å². The molecule has 2 aromatic rings. The SMILES string of the molecule is COc1ccc(C#CC(=O)C#Cc2ccc(F)cc2)cc1. The largest absolute Gasteiger partial charge is 0.497 e. The summed E-state index contributed by atoms with van der Waals surface area (Å²) < 4.78 is 17.7. The van der Waals surface area contributed by atoms with Gasteiger partial charge < -0.3 is 4.74 Å². The highest BCUT2D eigenvalue weighted by molar-refractivity contribution is 6.09. The Bertz CT molecular complexity index is 751. The van der Waals surface area contributed by atoms with Crippen LogP contribution in [0.2, 0.25) is 0 Å². The molecule has 2 aromatic carbocycles. The van der Waals surface area contributed by atoms with Gasteiger partial charge in [0, 0.05) is 11.1 Å². The van der Waals surface area contributed by atoms with E-state index in [2.05, 4.69) is 23.7 Å². The summed E-state index contributed by atoms with van der Waals surface area (Å²) >= 11 is 0. The predicted molar refractivity (Wildman–Crippen MR) is 78.2 cm³/mol. The van der Waals surface area contributed by atoms with Crippen LogP contribution in [0.4, 0.5) is 4.39 Å². The highest BCUT2D eigenvalue weighted by Gasteiger charge is 1.93. The topological polar surface area (TPSA) is 26.3 Å². The van der Waals surface area contributed by atoms with Gasteiger partial charge in [-0.25, -0.2) is 4.39 Å². The van der Waals surface area contributed by atoms with Crippen LogP contribution in [0.25, 0.3) is 0 Å². The number of hydrogen-bond donors (Lipinski definition) is 0. The highest BCUT2D eigenvalue weighted by Crippen LogP contribution is 2.10. The molecule has 0 heterocycles. The Morgan fingerprint density at radius 2 is 1.38 bits per heavy atom. The molecule has 0 aromatic heterocycles. The summed E-state index contributed by atoms with van der Waals surface area (Å²) in [7, 11) is 1.58. The van der Waals surface area contributed by atoms with Gasteiger partial charge in [0.15, 0.2) is 0 Å². The standard InChI is InChI=1S/C18H11FO2/c1-21-18-12-6-15(7-13-18)5-11-17(20)10-4-14-2-8-16(19)9-3-14/h2-3,6-9,12-13H,1H3. The molecule has 0 bridgehead atoms. The lowest BCUT2D eigenvalue weighted by molar-refractivity contribution is -0.108. The second kappa shape index (κ2) is 6.93. The van der Waals surface area contributed by atoms with Gasteiger partial charge >= 0.3 is 0 Å². The fourth-order valence-electron chi connectivity index (χ4n) is 1.50. The Morgan fingerprint density at radius 1 is 0.905 bits per heavy atom. The molecule has 21 heavy (non-hydrogen) atoms. The first-order chi connectivity index (χ1) is 10.2. The van der Waals surface area contributed by atoms with Crippen LogP contribution in [0.3, 0.4) is 0 Å². The summed E-state index contributed by atoms with van der Waals surface area (Å²) in [5.41, 5.74) is 1.27. The lowest BCUT2D eigenvalue weighted by Gasteiger charge is -1.97. The summed E-state index contributed by atoms with van der Waals surface area (Å²) in [4.78, 5) is 11.5. The van der Waals surface area contributed by atoms with E-state index in [4.69, 9.17) is 4.74 Å². The molecule has 0 atom stereocenters. The predicted octanol–water partition coefficient (Wildman–Crippen LogP) is 2.81.